The number of carbonyl (C=O) groups is 2. The van der Waals surface area contributed by atoms with E-state index in [1.165, 1.54) is 0 Å². The maximum atomic E-state index is 12.6. The Labute approximate surface area is 155 Å². The van der Waals surface area contributed by atoms with E-state index < -0.39 is 0 Å². The van der Waals surface area contributed by atoms with Gasteiger partial charge in [-0.3, -0.25) is 9.59 Å². The number of rotatable bonds is 4. The molecule has 0 spiro atoms. The highest BCUT2D eigenvalue weighted by Gasteiger charge is 2.35. The molecular formula is C19H19BrN2O3. The summed E-state index contributed by atoms with van der Waals surface area (Å²) in [5.41, 5.74) is 2.48. The number of benzene rings is 2. The minimum Gasteiger partial charge on any atom is -0.497 e. The van der Waals surface area contributed by atoms with Crippen molar-refractivity contribution in [3.63, 3.8) is 0 Å². The Hall–Kier alpha value is -2.34. The molecule has 1 N–H and O–H groups in total. The smallest absolute Gasteiger partial charge is 0.229 e. The number of nitrogens with one attached hydrogen (secondary N) is 1. The average Bonchev–Trinajstić information content (AvgIpc) is 3.00. The molecule has 0 bridgehead atoms. The van der Waals surface area contributed by atoms with Crippen molar-refractivity contribution in [3.05, 3.63) is 52.5 Å². The summed E-state index contributed by atoms with van der Waals surface area (Å²) >= 11 is 3.41. The number of aryl methyl sites for hydroxylation is 1. The standard InChI is InChI=1S/C19H19BrN2O3/c1-12-6-7-14(20)9-17(12)21-19(24)13-8-18(23)22(11-13)15-4-3-5-16(10-15)25-2/h3-7,9-10,13H,8,11H2,1-2H3,(H,21,24). The quantitative estimate of drug-likeness (QED) is 0.846. The summed E-state index contributed by atoms with van der Waals surface area (Å²) < 4.78 is 6.10. The summed E-state index contributed by atoms with van der Waals surface area (Å²) in [5.74, 6) is 0.111. The second-order valence-corrected chi connectivity index (χ2v) is 6.97. The van der Waals surface area contributed by atoms with Crippen LogP contribution in [0.2, 0.25) is 0 Å². The zero-order valence-corrected chi connectivity index (χ0v) is 15.7. The number of anilines is 2. The van der Waals surface area contributed by atoms with Gasteiger partial charge in [-0.1, -0.05) is 28.1 Å². The molecule has 2 aromatic carbocycles. The molecule has 1 unspecified atom stereocenters. The van der Waals surface area contributed by atoms with Crippen molar-refractivity contribution in [2.45, 2.75) is 13.3 Å². The van der Waals surface area contributed by atoms with Crippen molar-refractivity contribution in [1.29, 1.82) is 0 Å². The monoisotopic (exact) mass is 402 g/mol. The summed E-state index contributed by atoms with van der Waals surface area (Å²) in [6, 6.07) is 13.0. The van der Waals surface area contributed by atoms with Crippen LogP contribution in [-0.2, 0) is 9.59 Å². The van der Waals surface area contributed by atoms with Gasteiger partial charge in [-0.2, -0.15) is 0 Å². The summed E-state index contributed by atoms with van der Waals surface area (Å²) in [6.07, 6.45) is 0.204. The number of ether oxygens (including phenoxy) is 1. The number of hydrogen-bond donors (Lipinski definition) is 1. The van der Waals surface area contributed by atoms with Gasteiger partial charge >= 0.3 is 0 Å². The average molecular weight is 403 g/mol. The fraction of sp³-hybridized carbons (Fsp3) is 0.263. The molecule has 0 radical (unpaired) electrons. The Kier molecular flexibility index (Phi) is 5.08. The van der Waals surface area contributed by atoms with Crippen molar-refractivity contribution >= 4 is 39.1 Å². The summed E-state index contributed by atoms with van der Waals surface area (Å²) in [5, 5.41) is 2.94. The number of halogens is 1. The van der Waals surface area contributed by atoms with Gasteiger partial charge in [0.1, 0.15) is 5.75 Å². The third-order valence-electron chi connectivity index (χ3n) is 4.32. The lowest BCUT2D eigenvalue weighted by Gasteiger charge is -2.17. The summed E-state index contributed by atoms with van der Waals surface area (Å²) in [6.45, 7) is 2.30. The Morgan fingerprint density at radius 2 is 2.08 bits per heavy atom. The minimum absolute atomic E-state index is 0.0561. The first kappa shape index (κ1) is 17.5. The van der Waals surface area contributed by atoms with E-state index in [0.717, 1.165) is 21.4 Å². The first-order valence-electron chi connectivity index (χ1n) is 7.99. The molecule has 0 aromatic heterocycles. The van der Waals surface area contributed by atoms with Crippen LogP contribution in [0, 0.1) is 12.8 Å². The van der Waals surface area contributed by atoms with Gasteiger partial charge in [0.2, 0.25) is 11.8 Å². The molecule has 1 aliphatic heterocycles. The number of nitrogens with zero attached hydrogens (tertiary/aromatic N) is 1. The molecular weight excluding hydrogens is 384 g/mol. The van der Waals surface area contributed by atoms with Crippen LogP contribution in [-0.4, -0.2) is 25.5 Å². The third kappa shape index (κ3) is 3.85. The van der Waals surface area contributed by atoms with Crippen molar-refractivity contribution < 1.29 is 14.3 Å². The highest BCUT2D eigenvalue weighted by molar-refractivity contribution is 9.10. The summed E-state index contributed by atoms with van der Waals surface area (Å²) in [4.78, 5) is 26.6. The van der Waals surface area contributed by atoms with E-state index in [-0.39, 0.29) is 24.2 Å². The van der Waals surface area contributed by atoms with Crippen LogP contribution in [0.25, 0.3) is 0 Å². The van der Waals surface area contributed by atoms with Gasteiger partial charge in [0.05, 0.1) is 13.0 Å². The molecule has 1 aliphatic rings. The van der Waals surface area contributed by atoms with Crippen LogP contribution >= 0.6 is 15.9 Å². The third-order valence-corrected chi connectivity index (χ3v) is 4.81. The molecule has 6 heteroatoms. The van der Waals surface area contributed by atoms with Crippen LogP contribution in [0.3, 0.4) is 0 Å². The number of amides is 2. The van der Waals surface area contributed by atoms with Crippen molar-refractivity contribution in [1.82, 2.24) is 0 Å². The predicted molar refractivity (Wildman–Crippen MR) is 101 cm³/mol. The first-order valence-corrected chi connectivity index (χ1v) is 8.78. The topological polar surface area (TPSA) is 58.6 Å². The molecule has 1 saturated heterocycles. The fourth-order valence-corrected chi connectivity index (χ4v) is 3.24. The molecule has 2 aromatic rings. The lowest BCUT2D eigenvalue weighted by molar-refractivity contribution is -0.122. The lowest BCUT2D eigenvalue weighted by atomic mass is 10.1. The van der Waals surface area contributed by atoms with Crippen molar-refractivity contribution in [2.24, 2.45) is 5.92 Å². The van der Waals surface area contributed by atoms with Gasteiger partial charge in [-0.05, 0) is 36.8 Å². The Bertz CT molecular complexity index is 822. The first-order chi connectivity index (χ1) is 12.0. The second-order valence-electron chi connectivity index (χ2n) is 6.06. The van der Waals surface area contributed by atoms with E-state index in [1.54, 1.807) is 18.1 Å². The molecule has 25 heavy (non-hydrogen) atoms. The number of methoxy groups -OCH3 is 1. The second kappa shape index (κ2) is 7.27. The van der Waals surface area contributed by atoms with E-state index in [0.29, 0.717) is 12.3 Å². The highest BCUT2D eigenvalue weighted by Crippen LogP contribution is 2.29. The van der Waals surface area contributed by atoms with Crippen molar-refractivity contribution in [3.8, 4) is 5.75 Å². The largest absolute Gasteiger partial charge is 0.497 e. The van der Waals surface area contributed by atoms with Crippen LogP contribution < -0.4 is 15.0 Å². The van der Waals surface area contributed by atoms with Crippen LogP contribution in [0.15, 0.2) is 46.9 Å². The van der Waals surface area contributed by atoms with E-state index in [9.17, 15) is 9.59 Å². The maximum Gasteiger partial charge on any atom is 0.229 e. The van der Waals surface area contributed by atoms with Crippen LogP contribution in [0.4, 0.5) is 11.4 Å². The molecule has 2 amide bonds. The van der Waals surface area contributed by atoms with Gasteiger partial charge in [0.15, 0.2) is 0 Å². The van der Waals surface area contributed by atoms with Gasteiger partial charge < -0.3 is 15.0 Å². The fourth-order valence-electron chi connectivity index (χ4n) is 2.87. The zero-order valence-electron chi connectivity index (χ0n) is 14.1. The minimum atomic E-state index is -0.378. The van der Waals surface area contributed by atoms with Crippen molar-refractivity contribution in [2.75, 3.05) is 23.9 Å². The van der Waals surface area contributed by atoms with Crippen LogP contribution in [0.1, 0.15) is 12.0 Å². The molecule has 1 fully saturated rings. The molecule has 3 rings (SSSR count). The molecule has 0 aliphatic carbocycles. The number of hydrogen-bond acceptors (Lipinski definition) is 3. The van der Waals surface area contributed by atoms with E-state index >= 15 is 0 Å². The van der Waals surface area contributed by atoms with Gasteiger partial charge in [0, 0.05) is 34.9 Å². The SMILES string of the molecule is COc1cccc(N2CC(C(=O)Nc3cc(Br)ccc3C)CC2=O)c1. The molecule has 1 heterocycles. The Morgan fingerprint density at radius 3 is 2.84 bits per heavy atom. The Balaban J connectivity index is 1.73. The van der Waals surface area contributed by atoms with E-state index in [1.807, 2.05) is 43.3 Å². The molecule has 130 valence electrons. The van der Waals surface area contributed by atoms with Gasteiger partial charge in [-0.15, -0.1) is 0 Å². The molecule has 0 saturated carbocycles. The predicted octanol–water partition coefficient (Wildman–Crippen LogP) is 3.76. The summed E-state index contributed by atoms with van der Waals surface area (Å²) in [7, 11) is 1.58. The number of carbonyl (C=O) groups excluding carboxylic acids is 2. The normalized spacial score (nSPS) is 16.8. The lowest BCUT2D eigenvalue weighted by Crippen LogP contribution is -2.28. The van der Waals surface area contributed by atoms with Gasteiger partial charge in [-0.25, -0.2) is 0 Å². The maximum absolute atomic E-state index is 12.6. The van der Waals surface area contributed by atoms with E-state index in [4.69, 9.17) is 4.74 Å². The molecule has 5 nitrogen and oxygen atoms in total. The highest BCUT2D eigenvalue weighted by atomic mass is 79.9. The zero-order chi connectivity index (χ0) is 18.0. The van der Waals surface area contributed by atoms with Crippen LogP contribution in [0.5, 0.6) is 5.75 Å². The Morgan fingerprint density at radius 1 is 1.28 bits per heavy atom. The van der Waals surface area contributed by atoms with E-state index in [2.05, 4.69) is 21.2 Å². The van der Waals surface area contributed by atoms with Gasteiger partial charge in [0.25, 0.3) is 0 Å². The molecule has 1 atom stereocenters.